The van der Waals surface area contributed by atoms with E-state index in [0.29, 0.717) is 17.0 Å². The Morgan fingerprint density at radius 2 is 1.80 bits per heavy atom. The Labute approximate surface area is 149 Å². The number of rotatable bonds is 5. The number of likely N-dealkylation sites (tertiary alicyclic amines) is 1. The third-order valence-corrected chi connectivity index (χ3v) is 4.67. The van der Waals surface area contributed by atoms with Crippen molar-refractivity contribution in [2.45, 2.75) is 32.7 Å². The lowest BCUT2D eigenvalue weighted by atomic mass is 10.1. The molecule has 1 amide bonds. The van der Waals surface area contributed by atoms with Gasteiger partial charge in [-0.2, -0.15) is 0 Å². The van der Waals surface area contributed by atoms with Crippen molar-refractivity contribution < 1.29 is 9.53 Å². The summed E-state index contributed by atoms with van der Waals surface area (Å²) in [6.07, 6.45) is 3.93. The SMILES string of the molecule is COc1ccc(C)cc1NC(=O)c1ccc(CN2CCCCC2)cc1. The standard InChI is InChI=1S/C21H26N2O2/c1-16-6-11-20(25-2)19(14-16)22-21(24)18-9-7-17(8-10-18)15-23-12-4-3-5-13-23/h6-11,14H,3-5,12-13,15H2,1-2H3,(H,22,24). The largest absolute Gasteiger partial charge is 0.495 e. The summed E-state index contributed by atoms with van der Waals surface area (Å²) in [6, 6.07) is 13.7. The number of aryl methyl sites for hydroxylation is 1. The number of carbonyl (C=O) groups excluding carboxylic acids is 1. The summed E-state index contributed by atoms with van der Waals surface area (Å²) in [6.45, 7) is 5.31. The van der Waals surface area contributed by atoms with Gasteiger partial charge < -0.3 is 10.1 Å². The third kappa shape index (κ3) is 4.60. The van der Waals surface area contributed by atoms with E-state index < -0.39 is 0 Å². The first-order valence-electron chi connectivity index (χ1n) is 8.93. The second kappa shape index (κ2) is 8.17. The highest BCUT2D eigenvalue weighted by atomic mass is 16.5. The number of hydrogen-bond acceptors (Lipinski definition) is 3. The molecule has 132 valence electrons. The van der Waals surface area contributed by atoms with E-state index in [1.54, 1.807) is 7.11 Å². The van der Waals surface area contributed by atoms with Crippen LogP contribution in [0.1, 0.15) is 40.7 Å². The minimum Gasteiger partial charge on any atom is -0.495 e. The molecule has 1 aliphatic heterocycles. The van der Waals surface area contributed by atoms with Crippen LogP contribution in [0.15, 0.2) is 42.5 Å². The number of amides is 1. The van der Waals surface area contributed by atoms with Gasteiger partial charge >= 0.3 is 0 Å². The normalized spacial score (nSPS) is 15.0. The van der Waals surface area contributed by atoms with Crippen LogP contribution in [-0.4, -0.2) is 31.0 Å². The molecule has 3 rings (SSSR count). The molecule has 1 aliphatic rings. The summed E-state index contributed by atoms with van der Waals surface area (Å²) < 4.78 is 5.32. The van der Waals surface area contributed by atoms with Gasteiger partial charge in [0.2, 0.25) is 0 Å². The monoisotopic (exact) mass is 338 g/mol. The molecule has 0 aliphatic carbocycles. The highest BCUT2D eigenvalue weighted by Crippen LogP contribution is 2.25. The predicted molar refractivity (Wildman–Crippen MR) is 101 cm³/mol. The topological polar surface area (TPSA) is 41.6 Å². The number of anilines is 1. The van der Waals surface area contributed by atoms with E-state index in [-0.39, 0.29) is 5.91 Å². The lowest BCUT2D eigenvalue weighted by Gasteiger charge is -2.26. The third-order valence-electron chi connectivity index (χ3n) is 4.67. The molecule has 0 saturated carbocycles. The van der Waals surface area contributed by atoms with Crippen molar-refractivity contribution in [3.05, 3.63) is 59.2 Å². The Bertz CT molecular complexity index is 719. The number of piperidine rings is 1. The van der Waals surface area contributed by atoms with Crippen molar-refractivity contribution in [1.82, 2.24) is 4.90 Å². The van der Waals surface area contributed by atoms with E-state index in [4.69, 9.17) is 4.74 Å². The molecule has 0 radical (unpaired) electrons. The lowest BCUT2D eigenvalue weighted by molar-refractivity contribution is 0.102. The molecule has 25 heavy (non-hydrogen) atoms. The van der Waals surface area contributed by atoms with Gasteiger partial charge in [-0.1, -0.05) is 24.6 Å². The van der Waals surface area contributed by atoms with Crippen LogP contribution in [0.3, 0.4) is 0 Å². The van der Waals surface area contributed by atoms with Gasteiger partial charge in [0.05, 0.1) is 12.8 Å². The van der Waals surface area contributed by atoms with E-state index in [0.717, 1.165) is 12.1 Å². The van der Waals surface area contributed by atoms with E-state index >= 15 is 0 Å². The first-order chi connectivity index (χ1) is 12.2. The summed E-state index contributed by atoms with van der Waals surface area (Å²) in [5.41, 5.74) is 3.69. The smallest absolute Gasteiger partial charge is 0.255 e. The van der Waals surface area contributed by atoms with Crippen molar-refractivity contribution >= 4 is 11.6 Å². The van der Waals surface area contributed by atoms with Gasteiger partial charge in [-0.05, 0) is 68.2 Å². The van der Waals surface area contributed by atoms with Crippen molar-refractivity contribution in [3.63, 3.8) is 0 Å². The van der Waals surface area contributed by atoms with Gasteiger partial charge in [-0.25, -0.2) is 0 Å². The number of ether oxygens (including phenoxy) is 1. The summed E-state index contributed by atoms with van der Waals surface area (Å²) in [5.74, 6) is 0.550. The molecule has 1 saturated heterocycles. The van der Waals surface area contributed by atoms with Gasteiger partial charge in [-0.3, -0.25) is 9.69 Å². The second-order valence-corrected chi connectivity index (χ2v) is 6.69. The number of hydrogen-bond donors (Lipinski definition) is 1. The van der Waals surface area contributed by atoms with Crippen molar-refractivity contribution in [2.75, 3.05) is 25.5 Å². The molecule has 1 fully saturated rings. The summed E-state index contributed by atoms with van der Waals surface area (Å²) in [7, 11) is 1.61. The molecule has 0 atom stereocenters. The van der Waals surface area contributed by atoms with E-state index in [1.165, 1.54) is 37.9 Å². The fourth-order valence-corrected chi connectivity index (χ4v) is 3.25. The Morgan fingerprint density at radius 1 is 1.08 bits per heavy atom. The fraction of sp³-hybridized carbons (Fsp3) is 0.381. The van der Waals surface area contributed by atoms with Crippen LogP contribution in [-0.2, 0) is 6.54 Å². The number of methoxy groups -OCH3 is 1. The van der Waals surface area contributed by atoms with Crippen LogP contribution in [0, 0.1) is 6.92 Å². The molecule has 1 N–H and O–H groups in total. The van der Waals surface area contributed by atoms with Gasteiger partial charge in [0.15, 0.2) is 0 Å². The molecule has 2 aromatic carbocycles. The van der Waals surface area contributed by atoms with Crippen LogP contribution in [0.4, 0.5) is 5.69 Å². The van der Waals surface area contributed by atoms with Gasteiger partial charge in [0.25, 0.3) is 5.91 Å². The zero-order valence-electron chi connectivity index (χ0n) is 15.0. The molecule has 0 bridgehead atoms. The fourth-order valence-electron chi connectivity index (χ4n) is 3.25. The Balaban J connectivity index is 1.65. The highest BCUT2D eigenvalue weighted by Gasteiger charge is 2.12. The van der Waals surface area contributed by atoms with Gasteiger partial charge in [-0.15, -0.1) is 0 Å². The maximum atomic E-state index is 12.5. The molecular weight excluding hydrogens is 312 g/mol. The Morgan fingerprint density at radius 3 is 2.48 bits per heavy atom. The van der Waals surface area contributed by atoms with Gasteiger partial charge in [0.1, 0.15) is 5.75 Å². The summed E-state index contributed by atoms with van der Waals surface area (Å²) in [5, 5.41) is 2.95. The van der Waals surface area contributed by atoms with Crippen molar-refractivity contribution in [1.29, 1.82) is 0 Å². The average molecular weight is 338 g/mol. The van der Waals surface area contributed by atoms with Gasteiger partial charge in [0, 0.05) is 12.1 Å². The summed E-state index contributed by atoms with van der Waals surface area (Å²) in [4.78, 5) is 15.0. The zero-order chi connectivity index (χ0) is 17.6. The van der Waals surface area contributed by atoms with Crippen LogP contribution in [0.5, 0.6) is 5.75 Å². The van der Waals surface area contributed by atoms with Crippen molar-refractivity contribution in [3.8, 4) is 5.75 Å². The molecular formula is C21H26N2O2. The number of nitrogens with one attached hydrogen (secondary N) is 1. The molecule has 1 heterocycles. The molecule has 4 heteroatoms. The predicted octanol–water partition coefficient (Wildman–Crippen LogP) is 4.24. The minimum atomic E-state index is -0.117. The molecule has 2 aromatic rings. The van der Waals surface area contributed by atoms with Crippen LogP contribution in [0.25, 0.3) is 0 Å². The van der Waals surface area contributed by atoms with E-state index in [1.807, 2.05) is 37.3 Å². The maximum absolute atomic E-state index is 12.5. The van der Waals surface area contributed by atoms with Crippen molar-refractivity contribution in [2.24, 2.45) is 0 Å². The Kier molecular flexibility index (Phi) is 5.71. The average Bonchev–Trinajstić information content (AvgIpc) is 2.63. The highest BCUT2D eigenvalue weighted by molar-refractivity contribution is 6.05. The minimum absolute atomic E-state index is 0.117. The molecule has 0 spiro atoms. The first kappa shape index (κ1) is 17.5. The van der Waals surface area contributed by atoms with Crippen LogP contribution >= 0.6 is 0 Å². The molecule has 0 unspecified atom stereocenters. The number of nitrogens with zero attached hydrogens (tertiary/aromatic N) is 1. The first-order valence-corrected chi connectivity index (χ1v) is 8.93. The lowest BCUT2D eigenvalue weighted by Crippen LogP contribution is -2.29. The van der Waals surface area contributed by atoms with E-state index in [2.05, 4.69) is 22.3 Å². The quantitative estimate of drug-likeness (QED) is 0.886. The van der Waals surface area contributed by atoms with Crippen LogP contribution < -0.4 is 10.1 Å². The second-order valence-electron chi connectivity index (χ2n) is 6.69. The molecule has 4 nitrogen and oxygen atoms in total. The summed E-state index contributed by atoms with van der Waals surface area (Å²) >= 11 is 0. The van der Waals surface area contributed by atoms with Crippen LogP contribution in [0.2, 0.25) is 0 Å². The number of carbonyl (C=O) groups is 1. The molecule has 0 aromatic heterocycles. The Hall–Kier alpha value is -2.33. The van der Waals surface area contributed by atoms with E-state index in [9.17, 15) is 4.79 Å². The number of benzene rings is 2. The maximum Gasteiger partial charge on any atom is 0.255 e. The zero-order valence-corrected chi connectivity index (χ0v) is 15.0.